The highest BCUT2D eigenvalue weighted by Crippen LogP contribution is 2.36. The fourth-order valence-corrected chi connectivity index (χ4v) is 2.38. The number of ether oxygens (including phenoxy) is 2. The first kappa shape index (κ1) is 18.9. The maximum absolute atomic E-state index is 12.4. The van der Waals surface area contributed by atoms with Gasteiger partial charge < -0.3 is 20.1 Å². The highest BCUT2D eigenvalue weighted by Gasteiger charge is 2.14. The zero-order valence-corrected chi connectivity index (χ0v) is 15.5. The lowest BCUT2D eigenvalue weighted by Gasteiger charge is -2.14. The number of rotatable bonds is 7. The van der Waals surface area contributed by atoms with Crippen molar-refractivity contribution in [1.82, 2.24) is 4.98 Å². The number of amides is 1. The quantitative estimate of drug-likeness (QED) is 0.770. The Morgan fingerprint density at radius 1 is 1.24 bits per heavy atom. The molecule has 0 saturated carbocycles. The third-order valence-corrected chi connectivity index (χ3v) is 4.04. The van der Waals surface area contributed by atoms with Crippen LogP contribution in [-0.2, 0) is 0 Å². The van der Waals surface area contributed by atoms with Crippen molar-refractivity contribution < 1.29 is 14.3 Å². The van der Waals surface area contributed by atoms with Crippen molar-refractivity contribution in [3.8, 4) is 11.5 Å². The van der Waals surface area contributed by atoms with Gasteiger partial charge in [0.25, 0.3) is 5.91 Å². The number of pyridine rings is 1. The summed E-state index contributed by atoms with van der Waals surface area (Å²) in [6.07, 6.45) is 2.64. The summed E-state index contributed by atoms with van der Waals surface area (Å²) in [5.41, 5.74) is 1.62. The molecule has 0 fully saturated rings. The van der Waals surface area contributed by atoms with E-state index in [0.717, 1.165) is 12.1 Å². The van der Waals surface area contributed by atoms with Gasteiger partial charge in [-0.25, -0.2) is 4.98 Å². The number of methoxy groups -OCH3 is 2. The molecule has 1 amide bonds. The number of aromatic nitrogens is 1. The van der Waals surface area contributed by atoms with Gasteiger partial charge >= 0.3 is 0 Å². The Kier molecular flexibility index (Phi) is 6.47. The van der Waals surface area contributed by atoms with Gasteiger partial charge in [0.2, 0.25) is 0 Å². The fourth-order valence-electron chi connectivity index (χ4n) is 2.14. The smallest absolute Gasteiger partial charge is 0.274 e. The van der Waals surface area contributed by atoms with Crippen LogP contribution in [0.25, 0.3) is 0 Å². The normalized spacial score (nSPS) is 11.6. The summed E-state index contributed by atoms with van der Waals surface area (Å²) >= 11 is 6.07. The summed E-state index contributed by atoms with van der Waals surface area (Å²) in [6.45, 7) is 4.18. The molecule has 2 rings (SSSR count). The predicted molar refractivity (Wildman–Crippen MR) is 100 cm³/mol. The zero-order chi connectivity index (χ0) is 18.4. The van der Waals surface area contributed by atoms with Crippen molar-refractivity contribution in [3.05, 3.63) is 41.2 Å². The second-order valence-electron chi connectivity index (χ2n) is 5.53. The molecule has 0 radical (unpaired) electrons. The molecular formula is C18H22ClN3O3. The number of hydrogen-bond acceptors (Lipinski definition) is 5. The van der Waals surface area contributed by atoms with Gasteiger partial charge in [0.15, 0.2) is 0 Å². The molecule has 1 unspecified atom stereocenters. The van der Waals surface area contributed by atoms with Crippen molar-refractivity contribution in [2.24, 2.45) is 0 Å². The molecule has 1 heterocycles. The second kappa shape index (κ2) is 8.58. The van der Waals surface area contributed by atoms with E-state index in [4.69, 9.17) is 21.1 Å². The lowest BCUT2D eigenvalue weighted by atomic mass is 10.2. The van der Waals surface area contributed by atoms with E-state index in [9.17, 15) is 4.79 Å². The number of anilines is 2. The molecule has 134 valence electrons. The molecule has 1 atom stereocenters. The number of carbonyl (C=O) groups is 1. The van der Waals surface area contributed by atoms with Gasteiger partial charge in [-0.15, -0.1) is 0 Å². The Hall–Kier alpha value is -2.47. The van der Waals surface area contributed by atoms with Gasteiger partial charge in [-0.2, -0.15) is 0 Å². The second-order valence-corrected chi connectivity index (χ2v) is 5.93. The van der Waals surface area contributed by atoms with Crippen molar-refractivity contribution in [3.63, 3.8) is 0 Å². The van der Waals surface area contributed by atoms with Crippen LogP contribution in [0.1, 0.15) is 30.8 Å². The molecule has 0 spiro atoms. The number of nitrogens with one attached hydrogen (secondary N) is 2. The van der Waals surface area contributed by atoms with Crippen molar-refractivity contribution >= 4 is 28.9 Å². The largest absolute Gasteiger partial charge is 0.495 e. The molecule has 0 aliphatic carbocycles. The molecule has 0 aliphatic heterocycles. The van der Waals surface area contributed by atoms with Crippen molar-refractivity contribution in [2.75, 3.05) is 24.9 Å². The zero-order valence-electron chi connectivity index (χ0n) is 14.7. The summed E-state index contributed by atoms with van der Waals surface area (Å²) in [5, 5.41) is 6.47. The third kappa shape index (κ3) is 4.76. The number of benzene rings is 1. The summed E-state index contributed by atoms with van der Waals surface area (Å²) < 4.78 is 10.4. The van der Waals surface area contributed by atoms with Crippen LogP contribution in [-0.4, -0.2) is 31.2 Å². The SMILES string of the molecule is CCC(C)Nc1ccc(C(=O)Nc2cc(OC)c(Cl)cc2OC)nc1. The van der Waals surface area contributed by atoms with E-state index < -0.39 is 0 Å². The van der Waals surface area contributed by atoms with E-state index in [2.05, 4.69) is 29.5 Å². The molecule has 0 bridgehead atoms. The predicted octanol–water partition coefficient (Wildman–Crippen LogP) is 4.21. The number of hydrogen-bond donors (Lipinski definition) is 2. The van der Waals surface area contributed by atoms with E-state index in [0.29, 0.717) is 33.9 Å². The van der Waals surface area contributed by atoms with E-state index in [1.165, 1.54) is 14.2 Å². The molecule has 2 aromatic rings. The fraction of sp³-hybridized carbons (Fsp3) is 0.333. The van der Waals surface area contributed by atoms with Crippen LogP contribution >= 0.6 is 11.6 Å². The van der Waals surface area contributed by atoms with Crippen LogP contribution in [0.4, 0.5) is 11.4 Å². The molecule has 1 aromatic carbocycles. The number of nitrogens with zero attached hydrogens (tertiary/aromatic N) is 1. The van der Waals surface area contributed by atoms with Gasteiger partial charge in [0, 0.05) is 18.2 Å². The average molecular weight is 364 g/mol. The topological polar surface area (TPSA) is 72.5 Å². The highest BCUT2D eigenvalue weighted by molar-refractivity contribution is 6.32. The van der Waals surface area contributed by atoms with Crippen LogP contribution in [0.3, 0.4) is 0 Å². The Labute approximate surface area is 152 Å². The van der Waals surface area contributed by atoms with Crippen LogP contribution in [0, 0.1) is 0 Å². The summed E-state index contributed by atoms with van der Waals surface area (Å²) in [7, 11) is 3.01. The van der Waals surface area contributed by atoms with Gasteiger partial charge in [-0.1, -0.05) is 18.5 Å². The number of carbonyl (C=O) groups excluding carboxylic acids is 1. The first-order valence-electron chi connectivity index (χ1n) is 7.94. The third-order valence-electron chi connectivity index (χ3n) is 3.74. The Morgan fingerprint density at radius 3 is 2.52 bits per heavy atom. The standard InChI is InChI=1S/C18H22ClN3O3/c1-5-11(2)21-12-6-7-14(20-10-12)18(23)22-15-9-16(24-3)13(19)8-17(15)25-4/h6-11,21H,5H2,1-4H3,(H,22,23). The Morgan fingerprint density at radius 2 is 1.96 bits per heavy atom. The van der Waals surface area contributed by atoms with E-state index >= 15 is 0 Å². The van der Waals surface area contributed by atoms with E-state index in [1.54, 1.807) is 24.4 Å². The molecule has 0 aliphatic rings. The van der Waals surface area contributed by atoms with E-state index in [-0.39, 0.29) is 5.91 Å². The lowest BCUT2D eigenvalue weighted by Crippen LogP contribution is -2.16. The summed E-state index contributed by atoms with van der Waals surface area (Å²) in [6, 6.07) is 7.03. The first-order chi connectivity index (χ1) is 12.0. The van der Waals surface area contributed by atoms with Crippen molar-refractivity contribution in [1.29, 1.82) is 0 Å². The molecule has 6 nitrogen and oxygen atoms in total. The minimum Gasteiger partial charge on any atom is -0.495 e. The van der Waals surface area contributed by atoms with E-state index in [1.807, 2.05) is 6.07 Å². The maximum atomic E-state index is 12.4. The van der Waals surface area contributed by atoms with Crippen LogP contribution in [0.15, 0.2) is 30.5 Å². The lowest BCUT2D eigenvalue weighted by molar-refractivity contribution is 0.102. The minimum absolute atomic E-state index is 0.297. The molecular weight excluding hydrogens is 342 g/mol. The van der Waals surface area contributed by atoms with Crippen LogP contribution in [0.5, 0.6) is 11.5 Å². The molecule has 2 N–H and O–H groups in total. The van der Waals surface area contributed by atoms with Crippen LogP contribution < -0.4 is 20.1 Å². The first-order valence-corrected chi connectivity index (χ1v) is 8.31. The average Bonchev–Trinajstić information content (AvgIpc) is 2.63. The maximum Gasteiger partial charge on any atom is 0.274 e. The highest BCUT2D eigenvalue weighted by atomic mass is 35.5. The minimum atomic E-state index is -0.349. The van der Waals surface area contributed by atoms with Gasteiger partial charge in [-0.3, -0.25) is 4.79 Å². The molecule has 25 heavy (non-hydrogen) atoms. The van der Waals surface area contributed by atoms with Gasteiger partial charge in [0.1, 0.15) is 17.2 Å². The summed E-state index contributed by atoms with van der Waals surface area (Å²) in [5.74, 6) is 0.533. The molecule has 0 saturated heterocycles. The summed E-state index contributed by atoms with van der Waals surface area (Å²) in [4.78, 5) is 16.6. The Bertz CT molecular complexity index is 735. The number of halogens is 1. The van der Waals surface area contributed by atoms with Crippen molar-refractivity contribution in [2.45, 2.75) is 26.3 Å². The monoisotopic (exact) mass is 363 g/mol. The Balaban J connectivity index is 2.16. The molecule has 7 heteroatoms. The van der Waals surface area contributed by atoms with Gasteiger partial charge in [-0.05, 0) is 25.5 Å². The van der Waals surface area contributed by atoms with Gasteiger partial charge in [0.05, 0.1) is 36.8 Å². The van der Waals surface area contributed by atoms with Crippen LogP contribution in [0.2, 0.25) is 5.02 Å². The molecule has 1 aromatic heterocycles.